The fourth-order valence-corrected chi connectivity index (χ4v) is 18.8. The Bertz CT molecular complexity index is 9530. The molecule has 28 aromatic rings. The Morgan fingerprint density at radius 1 is 0.226 bits per heavy atom. The summed E-state index contributed by atoms with van der Waals surface area (Å²) in [6.45, 7) is 24.9. The van der Waals surface area contributed by atoms with Gasteiger partial charge in [-0.25, -0.2) is 129 Å². The van der Waals surface area contributed by atoms with Crippen LogP contribution in [0.25, 0.3) is 274 Å². The van der Waals surface area contributed by atoms with Gasteiger partial charge in [-0.1, -0.05) is 42.5 Å². The van der Waals surface area contributed by atoms with Gasteiger partial charge in [0.05, 0.1) is 162 Å². The summed E-state index contributed by atoms with van der Waals surface area (Å²) in [6, 6.07) is 70.2. The van der Waals surface area contributed by atoms with Gasteiger partial charge in [-0.05, 0) is 294 Å². The van der Waals surface area contributed by atoms with E-state index in [4.69, 9.17) is 133 Å². The summed E-state index contributed by atoms with van der Waals surface area (Å²) in [5.74, 6) is 0. The van der Waals surface area contributed by atoms with Crippen LogP contribution in [-0.2, 0) is 0 Å². The van der Waals surface area contributed by atoms with Gasteiger partial charge < -0.3 is 0 Å². The number of fused-ring (bicyclic) bond motifs is 36. The third kappa shape index (κ3) is 13.9. The smallest absolute Gasteiger partial charge is 0.258 e. The second-order valence-electron chi connectivity index (χ2n) is 33.2. The molecule has 0 saturated heterocycles. The number of aromatic nitrogens is 24. The number of halogens is 3. The molecular formula is C104H51I3N28O2. The molecule has 33 heteroatoms. The first-order chi connectivity index (χ1) is 66.6. The molecule has 28 rings (SSSR count). The Morgan fingerprint density at radius 2 is 0.394 bits per heavy atom. The summed E-state index contributed by atoms with van der Waals surface area (Å²) in [5.41, 5.74) is 38.8. The lowest BCUT2D eigenvalue weighted by atomic mass is 10.1. The summed E-state index contributed by atoms with van der Waals surface area (Å²) in [6.07, 6.45) is 0. The number of benzene rings is 16. The SMILES string of the molecule is Cc1ccc2nc3c4nc5cc(C)ccc5nc4c4nc5cc(C)ccc5nc4c3nc2c1.Cc1ccc2nc3c4nc5cc(C)ccc5nc4c4nc5cc([N+](=O)[O-])ccc5nc4c3nc2c1.Ic1ccc2nc3c4nc5cc(I)ccc5nc4c4nc5cc(I)ccc5nc4c3nc2c1.[C-]#[N+]c1ccc2nc3c(nc2c1)c1nc2ccc(C#N)cc2nc1c1nc2ccc([N+]#[C-])cc2nc13. The number of non-ortho nitro benzene ring substituents is 1. The maximum absolute atomic E-state index is 11.3. The van der Waals surface area contributed by atoms with Crippen molar-refractivity contribution < 1.29 is 4.92 Å². The van der Waals surface area contributed by atoms with E-state index in [0.717, 1.165) is 121 Å². The molecule has 0 aliphatic rings. The number of aryl methyl sites for hydroxylation is 5. The number of nitro groups is 1. The molecule has 0 N–H and O–H groups in total. The molecule has 0 bridgehead atoms. The predicted molar refractivity (Wildman–Crippen MR) is 559 cm³/mol. The predicted octanol–water partition coefficient (Wildman–Crippen LogP) is 24.1. The molecule has 0 radical (unpaired) electrons. The zero-order valence-corrected chi connectivity index (χ0v) is 78.2. The second kappa shape index (κ2) is 31.5. The quantitative estimate of drug-likeness (QED) is 0.0368. The van der Waals surface area contributed by atoms with E-state index in [0.29, 0.717) is 199 Å². The Hall–Kier alpha value is -17.2. The van der Waals surface area contributed by atoms with Crippen molar-refractivity contribution in [3.63, 3.8) is 0 Å². The normalized spacial score (nSPS) is 11.8. The highest BCUT2D eigenvalue weighted by atomic mass is 127. The summed E-state index contributed by atoms with van der Waals surface area (Å²) in [4.78, 5) is 136. The molecule has 0 saturated carbocycles. The fraction of sp³-hybridized carbons (Fsp3) is 0.0481. The maximum Gasteiger partial charge on any atom is 0.271 e. The van der Waals surface area contributed by atoms with Gasteiger partial charge in [0.1, 0.15) is 132 Å². The van der Waals surface area contributed by atoms with E-state index in [9.17, 15) is 15.4 Å². The molecule has 0 fully saturated rings. The molecule has 0 atom stereocenters. The number of hydrogen-bond acceptors (Lipinski definition) is 27. The largest absolute Gasteiger partial charge is 0.271 e. The molecule has 0 aliphatic carbocycles. The number of nitriles is 1. The maximum atomic E-state index is 11.3. The van der Waals surface area contributed by atoms with Crippen molar-refractivity contribution in [1.82, 2.24) is 120 Å². The zero-order valence-electron chi connectivity index (χ0n) is 71.8. The molecule has 0 spiro atoms. The highest BCUT2D eigenvalue weighted by Gasteiger charge is 2.27. The molecule has 137 heavy (non-hydrogen) atoms. The van der Waals surface area contributed by atoms with E-state index in [1.54, 1.807) is 60.7 Å². The first kappa shape index (κ1) is 81.7. The van der Waals surface area contributed by atoms with Crippen LogP contribution in [0.4, 0.5) is 17.1 Å². The van der Waals surface area contributed by atoms with Crippen molar-refractivity contribution in [3.05, 3.63) is 295 Å². The second-order valence-corrected chi connectivity index (χ2v) is 37.0. The Morgan fingerprint density at radius 3 is 0.606 bits per heavy atom. The van der Waals surface area contributed by atoms with Gasteiger partial charge in [-0.2, -0.15) is 5.26 Å². The van der Waals surface area contributed by atoms with Crippen LogP contribution in [0.3, 0.4) is 0 Å². The van der Waals surface area contributed by atoms with Crippen molar-refractivity contribution in [2.24, 2.45) is 0 Å². The van der Waals surface area contributed by atoms with Crippen LogP contribution in [-0.4, -0.2) is 125 Å². The number of hydrogen-bond donors (Lipinski definition) is 0. The van der Waals surface area contributed by atoms with Crippen LogP contribution in [0.5, 0.6) is 0 Å². The van der Waals surface area contributed by atoms with E-state index < -0.39 is 4.92 Å². The minimum absolute atomic E-state index is 0.0514. The van der Waals surface area contributed by atoms with E-state index >= 15 is 0 Å². The van der Waals surface area contributed by atoms with Crippen molar-refractivity contribution >= 4 is 350 Å². The summed E-state index contributed by atoms with van der Waals surface area (Å²) >= 11 is 6.87. The van der Waals surface area contributed by atoms with E-state index in [2.05, 4.69) is 104 Å². The van der Waals surface area contributed by atoms with E-state index in [-0.39, 0.29) is 5.69 Å². The van der Waals surface area contributed by atoms with Crippen LogP contribution >= 0.6 is 67.8 Å². The van der Waals surface area contributed by atoms with Gasteiger partial charge >= 0.3 is 0 Å². The van der Waals surface area contributed by atoms with Gasteiger partial charge in [-0.15, -0.1) is 0 Å². The van der Waals surface area contributed by atoms with Gasteiger partial charge in [0, 0.05) is 22.8 Å². The van der Waals surface area contributed by atoms with Crippen molar-refractivity contribution in [2.45, 2.75) is 34.6 Å². The molecule has 640 valence electrons. The lowest BCUT2D eigenvalue weighted by Gasteiger charge is -2.11. The van der Waals surface area contributed by atoms with Crippen molar-refractivity contribution in [2.75, 3.05) is 0 Å². The van der Waals surface area contributed by atoms with Gasteiger partial charge in [0.15, 0.2) is 11.4 Å². The molecule has 12 aromatic heterocycles. The molecule has 16 aromatic carbocycles. The van der Waals surface area contributed by atoms with Crippen LogP contribution < -0.4 is 0 Å². The average molecular weight is 2110 g/mol. The number of rotatable bonds is 1. The van der Waals surface area contributed by atoms with Gasteiger partial charge in [0.2, 0.25) is 0 Å². The Labute approximate surface area is 808 Å². The summed E-state index contributed by atoms with van der Waals surface area (Å²) in [7, 11) is 0. The van der Waals surface area contributed by atoms with Crippen molar-refractivity contribution in [1.29, 1.82) is 5.26 Å². The average Bonchev–Trinajstić information content (AvgIpc) is 0.732. The van der Waals surface area contributed by atoms with Crippen LogP contribution in [0, 0.1) is 79.9 Å². The Kier molecular flexibility index (Phi) is 18.8. The molecular weight excluding hydrogens is 2050 g/mol. The highest BCUT2D eigenvalue weighted by molar-refractivity contribution is 14.1. The molecule has 12 heterocycles. The lowest BCUT2D eigenvalue weighted by Crippen LogP contribution is -1.99. The van der Waals surface area contributed by atoms with E-state index in [1.165, 1.54) is 12.1 Å². The topological polar surface area (TPSA) is 385 Å². The first-order valence-electron chi connectivity index (χ1n) is 42.6. The molecule has 0 unspecified atom stereocenters. The monoisotopic (exact) mass is 2100 g/mol. The van der Waals surface area contributed by atoms with Crippen LogP contribution in [0.2, 0.25) is 0 Å². The number of nitrogens with zero attached hydrogens (tertiary/aromatic N) is 28. The minimum Gasteiger partial charge on any atom is -0.258 e. The minimum atomic E-state index is -0.445. The fourth-order valence-electron chi connectivity index (χ4n) is 17.4. The Balaban J connectivity index is 0.0000000971. The summed E-state index contributed by atoms with van der Waals surface area (Å²) < 4.78 is 3.31. The van der Waals surface area contributed by atoms with Gasteiger partial charge in [0.25, 0.3) is 5.69 Å². The molecule has 0 aliphatic heterocycles. The summed E-state index contributed by atoms with van der Waals surface area (Å²) in [5, 5.41) is 20.7. The van der Waals surface area contributed by atoms with E-state index in [1.807, 2.05) is 159 Å². The highest BCUT2D eigenvalue weighted by Crippen LogP contribution is 2.41. The van der Waals surface area contributed by atoms with Crippen LogP contribution in [0.1, 0.15) is 33.4 Å². The third-order valence-electron chi connectivity index (χ3n) is 23.9. The molecule has 0 amide bonds. The third-order valence-corrected chi connectivity index (χ3v) is 25.9. The standard InChI is InChI=1S/C27H9N9.C27H18N6.C26H15N7O2.C24H9I3N6/c1-29-14-4-7-17-20(10-14)36-27-23(32-17)25-22(31-16-6-3-13(12-28)9-19(16)34-25)26-24(27)33-18-8-5-15(30-2)11-21(18)35-26;1-13-4-7-16-19(10-13)31-25-22(28-16)26-24(30-18-9-6-15(3)12-21(18)32-26)27-23(25)29-17-8-5-14(2)11-20(17)33-27;1-12-3-6-15-18(9-12)31-25-21(27-15)24-22(28-16-7-4-13(2)10-19(16)30-24)26-23(25)29-17-8-5-14(33(34)35)11-20(17)32-26;25-10-1-4-13-16(7-10)31-22-19(28-13)23-21(30-14-5-2-11(26)8-17(14)32-23)24-20(22)29-15-6-3-12(27)9-18(15)33-24/h3-11H;4-12H,1-3H3;3-11H,1-2H3;1-9H. The van der Waals surface area contributed by atoms with Gasteiger partial charge in [-0.3, -0.25) is 10.1 Å². The first-order valence-corrected chi connectivity index (χ1v) is 45.8. The lowest BCUT2D eigenvalue weighted by molar-refractivity contribution is -0.384. The number of nitro benzene ring substituents is 1. The van der Waals surface area contributed by atoms with Crippen molar-refractivity contribution in [3.8, 4) is 6.07 Å². The molecule has 30 nitrogen and oxygen atoms in total. The van der Waals surface area contributed by atoms with Crippen LogP contribution in [0.15, 0.2) is 218 Å². The zero-order chi connectivity index (χ0) is 92.8.